The van der Waals surface area contributed by atoms with Crippen molar-refractivity contribution >= 4 is 0 Å². The maximum Gasteiger partial charge on any atom is -0.172 e. The van der Waals surface area contributed by atoms with Gasteiger partial charge in [-0.2, -0.15) is 18.2 Å². The molecule has 0 aliphatic heterocycles. The van der Waals surface area contributed by atoms with Crippen molar-refractivity contribution < 1.29 is 46.9 Å². The van der Waals surface area contributed by atoms with E-state index in [2.05, 4.69) is 0 Å². The standard InChI is InChI=1S/C5H5.Yb.2H/c1-2-4-5-3-1;;;/h1-5H;;;/q-1;;;. The summed E-state index contributed by atoms with van der Waals surface area (Å²) >= 11 is 0. The minimum atomic E-state index is 0. The van der Waals surface area contributed by atoms with E-state index in [9.17, 15) is 0 Å². The molecule has 0 N–H and O–H groups in total. The summed E-state index contributed by atoms with van der Waals surface area (Å²) < 4.78 is 0. The van der Waals surface area contributed by atoms with E-state index < -0.39 is 0 Å². The maximum absolute atomic E-state index is 2.00. The Labute approximate surface area is 76.2 Å². The van der Waals surface area contributed by atoms with Gasteiger partial charge in [0.1, 0.15) is 0 Å². The second-order valence-corrected chi connectivity index (χ2v) is 0.962. The van der Waals surface area contributed by atoms with Crippen LogP contribution in [0.25, 0.3) is 0 Å². The second kappa shape index (κ2) is 4.04. The summed E-state index contributed by atoms with van der Waals surface area (Å²) in [5.74, 6) is 0. The molecule has 1 heteroatoms. The fourth-order valence-corrected chi connectivity index (χ4v) is 0.321. The Morgan fingerprint density at radius 1 is 1.00 bits per heavy atom. The zero-order valence-electron chi connectivity index (χ0n) is 3.18. The van der Waals surface area contributed by atoms with E-state index in [1.165, 1.54) is 0 Å². The van der Waals surface area contributed by atoms with E-state index in [0.717, 1.165) is 0 Å². The molecule has 0 atom stereocenters. The summed E-state index contributed by atoms with van der Waals surface area (Å²) in [4.78, 5) is 0. The quantitative estimate of drug-likeness (QED) is 0.590. The van der Waals surface area contributed by atoms with Gasteiger partial charge in [-0.15, -0.1) is 0 Å². The van der Waals surface area contributed by atoms with Gasteiger partial charge in [0, 0.05) is 0 Å². The van der Waals surface area contributed by atoms with Crippen molar-refractivity contribution in [3.8, 4) is 0 Å². The molecule has 1 aromatic rings. The molecule has 0 aliphatic rings. The third kappa shape index (κ3) is 2.12. The van der Waals surface area contributed by atoms with Crippen LogP contribution in [-0.2, 0) is 0 Å². The maximum atomic E-state index is 2.00. The zero-order valence-corrected chi connectivity index (χ0v) is 5.03. The first-order valence-electron chi connectivity index (χ1n) is 1.67. The molecule has 6 heavy (non-hydrogen) atoms. The van der Waals surface area contributed by atoms with Crippen molar-refractivity contribution in [1.82, 2.24) is 0 Å². The Morgan fingerprint density at radius 3 is 1.67 bits per heavy atom. The molecule has 0 unspecified atom stereocenters. The van der Waals surface area contributed by atoms with Crippen molar-refractivity contribution in [2.45, 2.75) is 0 Å². The molecule has 0 spiro atoms. The van der Waals surface area contributed by atoms with Crippen molar-refractivity contribution in [2.24, 2.45) is 0 Å². The Kier molecular flexibility index (Phi) is 4.63. The van der Waals surface area contributed by atoms with Gasteiger partial charge in [0.15, 0.2) is 0 Å². The first kappa shape index (κ1) is 6.87. The average molecular weight is 240 g/mol. The molecule has 0 heterocycles. The van der Waals surface area contributed by atoms with E-state index in [0.29, 0.717) is 0 Å². The summed E-state index contributed by atoms with van der Waals surface area (Å²) in [7, 11) is 0. The van der Waals surface area contributed by atoms with Crippen LogP contribution in [0.1, 0.15) is 0 Å². The molecule has 1 rings (SSSR count). The fraction of sp³-hybridized carbons (Fsp3) is 0. The minimum Gasteiger partial charge on any atom is -0.214 e. The smallest absolute Gasteiger partial charge is 0.172 e. The molecule has 0 saturated heterocycles. The van der Waals surface area contributed by atoms with Crippen molar-refractivity contribution in [3.63, 3.8) is 0 Å². The van der Waals surface area contributed by atoms with Crippen molar-refractivity contribution in [3.05, 3.63) is 30.3 Å². The predicted octanol–water partition coefficient (Wildman–Crippen LogP) is 0.870. The van der Waals surface area contributed by atoms with Crippen LogP contribution in [0.15, 0.2) is 30.3 Å². The first-order valence-corrected chi connectivity index (χ1v) is 1.67. The molecule has 0 aliphatic carbocycles. The van der Waals surface area contributed by atoms with Crippen LogP contribution in [0.3, 0.4) is 0 Å². The van der Waals surface area contributed by atoms with Crippen LogP contribution in [0.2, 0.25) is 0 Å². The average Bonchev–Trinajstić information content (AvgIpc) is 1.76. The van der Waals surface area contributed by atoms with Crippen LogP contribution in [-0.4, -0.2) is 0 Å². The summed E-state index contributed by atoms with van der Waals surface area (Å²) in [6, 6.07) is 10.0. The molecule has 0 radical (unpaired) electrons. The van der Waals surface area contributed by atoms with E-state index in [1.807, 2.05) is 30.3 Å². The molecular formula is C5H7Yb-. The molecule has 0 fully saturated rings. The van der Waals surface area contributed by atoms with Crippen LogP contribution in [0.5, 0.6) is 0 Å². The topological polar surface area (TPSA) is 0 Å². The van der Waals surface area contributed by atoms with Gasteiger partial charge in [-0.3, -0.25) is 0 Å². The summed E-state index contributed by atoms with van der Waals surface area (Å²) in [5, 5.41) is 0. The summed E-state index contributed by atoms with van der Waals surface area (Å²) in [5.41, 5.74) is 0. The molecule has 0 nitrogen and oxygen atoms in total. The number of hydrogen-bond donors (Lipinski definition) is 0. The van der Waals surface area contributed by atoms with Gasteiger partial charge in [-0.25, -0.2) is 12.1 Å². The molecule has 42 valence electrons. The van der Waals surface area contributed by atoms with Crippen molar-refractivity contribution in [1.29, 1.82) is 0 Å². The summed E-state index contributed by atoms with van der Waals surface area (Å²) in [6.45, 7) is 0. The molecule has 0 saturated carbocycles. The fourth-order valence-electron chi connectivity index (χ4n) is 0.321. The third-order valence-corrected chi connectivity index (χ3v) is 0.556. The first-order chi connectivity index (χ1) is 2.50. The van der Waals surface area contributed by atoms with Crippen LogP contribution < -0.4 is 0 Å². The third-order valence-electron chi connectivity index (χ3n) is 0.556. The van der Waals surface area contributed by atoms with Gasteiger partial charge in [0.25, 0.3) is 0 Å². The molecule has 0 amide bonds. The van der Waals surface area contributed by atoms with Crippen LogP contribution in [0.4, 0.5) is 0 Å². The monoisotopic (exact) mass is 241 g/mol. The summed E-state index contributed by atoms with van der Waals surface area (Å²) in [6.07, 6.45) is 0. The van der Waals surface area contributed by atoms with Gasteiger partial charge in [-0.05, 0) is 0 Å². The van der Waals surface area contributed by atoms with Gasteiger partial charge in [0.05, 0.1) is 0 Å². The van der Waals surface area contributed by atoms with Crippen LogP contribution >= 0.6 is 0 Å². The molecular weight excluding hydrogens is 233 g/mol. The van der Waals surface area contributed by atoms with E-state index in [4.69, 9.17) is 0 Å². The Balaban J connectivity index is 0.000000250. The van der Waals surface area contributed by atoms with Gasteiger partial charge in [-0.1, -0.05) is 0 Å². The predicted molar refractivity (Wildman–Crippen MR) is 24.8 cm³/mol. The zero-order chi connectivity index (χ0) is 3.54. The number of hydrogen-bond acceptors (Lipinski definition) is 0. The largest absolute Gasteiger partial charge is 0.214 e. The minimum absolute atomic E-state index is 0. The van der Waals surface area contributed by atoms with E-state index in [1.54, 1.807) is 0 Å². The Hall–Kier alpha value is 0.869. The van der Waals surface area contributed by atoms with E-state index >= 15 is 0 Å². The second-order valence-electron chi connectivity index (χ2n) is 0.962. The molecule has 0 bridgehead atoms. The van der Waals surface area contributed by atoms with Gasteiger partial charge < -0.3 is 0 Å². The van der Waals surface area contributed by atoms with Gasteiger partial charge >= 0.3 is 46.9 Å². The van der Waals surface area contributed by atoms with Gasteiger partial charge in [0.2, 0.25) is 0 Å². The van der Waals surface area contributed by atoms with Crippen molar-refractivity contribution in [2.75, 3.05) is 0 Å². The molecule has 1 aromatic carbocycles. The number of rotatable bonds is 0. The Morgan fingerprint density at radius 2 is 1.50 bits per heavy atom. The van der Waals surface area contributed by atoms with E-state index in [-0.39, 0.29) is 46.9 Å². The SMILES string of the molecule is [YbH2].c1cc[cH-]c1. The molecule has 0 aromatic heterocycles. The van der Waals surface area contributed by atoms with Crippen LogP contribution in [0, 0.1) is 46.9 Å². The normalized spacial score (nSPS) is 6.67. The Bertz CT molecular complexity index is 60.4.